The van der Waals surface area contributed by atoms with E-state index in [4.69, 9.17) is 10.9 Å². The van der Waals surface area contributed by atoms with Crippen LogP contribution < -0.4 is 11.1 Å². The number of nitrogens with two attached hydrogens (primary N) is 1. The highest BCUT2D eigenvalue weighted by molar-refractivity contribution is 9.10. The number of amidine groups is 1. The maximum absolute atomic E-state index is 13.7. The van der Waals surface area contributed by atoms with E-state index >= 15 is 0 Å². The molecular weight excluding hydrogens is 344 g/mol. The molecule has 110 valence electrons. The summed E-state index contributed by atoms with van der Waals surface area (Å²) in [5, 5.41) is 14.3. The van der Waals surface area contributed by atoms with E-state index in [1.807, 2.05) is 0 Å². The number of nitrogens with one attached hydrogen (secondary N) is 1. The molecule has 0 aliphatic rings. The van der Waals surface area contributed by atoms with Crippen molar-refractivity contribution in [2.24, 2.45) is 10.9 Å². The first-order valence-electron chi connectivity index (χ1n) is 5.97. The van der Waals surface area contributed by atoms with Crippen LogP contribution in [-0.2, 0) is 6.54 Å². The molecule has 0 aliphatic carbocycles. The molecule has 0 amide bonds. The Morgan fingerprint density at radius 1 is 1.24 bits per heavy atom. The van der Waals surface area contributed by atoms with Gasteiger partial charge in [-0.2, -0.15) is 0 Å². The van der Waals surface area contributed by atoms with Crippen LogP contribution in [0, 0.1) is 11.6 Å². The molecule has 0 atom stereocenters. The molecule has 2 aromatic rings. The predicted octanol–water partition coefficient (Wildman–Crippen LogP) is 3.43. The van der Waals surface area contributed by atoms with Gasteiger partial charge in [0.15, 0.2) is 5.84 Å². The van der Waals surface area contributed by atoms with Gasteiger partial charge in [-0.15, -0.1) is 0 Å². The van der Waals surface area contributed by atoms with Crippen LogP contribution in [0.5, 0.6) is 0 Å². The standard InChI is InChI=1S/C14H12BrF2N3O/c15-9-5-11(16)13(12(17)6-9)19-7-8-3-1-2-4-10(8)14(18)20-21/h1-6,19,21H,7H2,(H2,18,20). The lowest BCUT2D eigenvalue weighted by Gasteiger charge is -2.12. The summed E-state index contributed by atoms with van der Waals surface area (Å²) in [6, 6.07) is 9.17. The van der Waals surface area contributed by atoms with E-state index in [-0.39, 0.29) is 18.1 Å². The first kappa shape index (κ1) is 15.2. The molecule has 0 saturated carbocycles. The molecule has 4 nitrogen and oxygen atoms in total. The molecule has 21 heavy (non-hydrogen) atoms. The molecule has 7 heteroatoms. The fraction of sp³-hybridized carbons (Fsp3) is 0.0714. The number of halogens is 3. The van der Waals surface area contributed by atoms with Gasteiger partial charge in [-0.25, -0.2) is 8.78 Å². The average molecular weight is 356 g/mol. The fourth-order valence-corrected chi connectivity index (χ4v) is 2.27. The smallest absolute Gasteiger partial charge is 0.170 e. The Morgan fingerprint density at radius 2 is 1.86 bits per heavy atom. The summed E-state index contributed by atoms with van der Waals surface area (Å²) in [6.07, 6.45) is 0. The van der Waals surface area contributed by atoms with Gasteiger partial charge >= 0.3 is 0 Å². The van der Waals surface area contributed by atoms with E-state index in [9.17, 15) is 8.78 Å². The predicted molar refractivity (Wildman–Crippen MR) is 80.3 cm³/mol. The summed E-state index contributed by atoms with van der Waals surface area (Å²) in [4.78, 5) is 0. The van der Waals surface area contributed by atoms with Crippen molar-refractivity contribution in [3.63, 3.8) is 0 Å². The third-order valence-corrected chi connectivity index (χ3v) is 3.32. The van der Waals surface area contributed by atoms with Crippen molar-refractivity contribution < 1.29 is 14.0 Å². The zero-order valence-corrected chi connectivity index (χ0v) is 12.4. The highest BCUT2D eigenvalue weighted by Crippen LogP contribution is 2.24. The molecule has 0 aromatic heterocycles. The zero-order valence-electron chi connectivity index (χ0n) is 10.8. The molecule has 0 bridgehead atoms. The molecule has 0 radical (unpaired) electrons. The number of nitrogens with zero attached hydrogens (tertiary/aromatic N) is 1. The number of hydrogen-bond donors (Lipinski definition) is 3. The van der Waals surface area contributed by atoms with Crippen molar-refractivity contribution >= 4 is 27.5 Å². The molecule has 2 aromatic carbocycles. The van der Waals surface area contributed by atoms with Crippen LogP contribution in [0.1, 0.15) is 11.1 Å². The summed E-state index contributed by atoms with van der Waals surface area (Å²) in [7, 11) is 0. The van der Waals surface area contributed by atoms with Gasteiger partial charge in [-0.3, -0.25) is 0 Å². The fourth-order valence-electron chi connectivity index (χ4n) is 1.87. The molecule has 0 saturated heterocycles. The maximum atomic E-state index is 13.7. The molecule has 0 unspecified atom stereocenters. The molecule has 0 spiro atoms. The van der Waals surface area contributed by atoms with E-state index in [1.54, 1.807) is 24.3 Å². The SMILES string of the molecule is NC(=NO)c1ccccc1CNc1c(F)cc(Br)cc1F. The van der Waals surface area contributed by atoms with Crippen molar-refractivity contribution in [2.75, 3.05) is 5.32 Å². The van der Waals surface area contributed by atoms with E-state index < -0.39 is 11.6 Å². The lowest BCUT2D eigenvalue weighted by molar-refractivity contribution is 0.318. The van der Waals surface area contributed by atoms with Crippen molar-refractivity contribution in [3.05, 3.63) is 63.6 Å². The quantitative estimate of drug-likeness (QED) is 0.340. The van der Waals surface area contributed by atoms with Gasteiger partial charge in [-0.05, 0) is 17.7 Å². The van der Waals surface area contributed by atoms with Crippen molar-refractivity contribution in [3.8, 4) is 0 Å². The van der Waals surface area contributed by atoms with E-state index in [0.717, 1.165) is 0 Å². The molecule has 0 heterocycles. The van der Waals surface area contributed by atoms with Crippen molar-refractivity contribution in [1.29, 1.82) is 0 Å². The van der Waals surface area contributed by atoms with E-state index in [1.165, 1.54) is 12.1 Å². The summed E-state index contributed by atoms with van der Waals surface area (Å²) in [5.74, 6) is -1.48. The lowest BCUT2D eigenvalue weighted by atomic mass is 10.1. The van der Waals surface area contributed by atoms with Crippen LogP contribution in [0.3, 0.4) is 0 Å². The third kappa shape index (κ3) is 3.49. The van der Waals surface area contributed by atoms with Gasteiger partial charge in [0.25, 0.3) is 0 Å². The Hall–Kier alpha value is -2.15. The Kier molecular flexibility index (Phi) is 4.74. The minimum Gasteiger partial charge on any atom is -0.409 e. The van der Waals surface area contributed by atoms with Gasteiger partial charge in [0.1, 0.15) is 17.3 Å². The third-order valence-electron chi connectivity index (χ3n) is 2.86. The number of rotatable bonds is 4. The van der Waals surface area contributed by atoms with Gasteiger partial charge < -0.3 is 16.3 Å². The number of anilines is 1. The summed E-state index contributed by atoms with van der Waals surface area (Å²) in [6.45, 7) is 0.127. The average Bonchev–Trinajstić information content (AvgIpc) is 2.45. The van der Waals surface area contributed by atoms with Gasteiger partial charge in [0.05, 0.1) is 0 Å². The highest BCUT2D eigenvalue weighted by atomic mass is 79.9. The molecule has 4 N–H and O–H groups in total. The molecule has 0 aliphatic heterocycles. The Balaban J connectivity index is 2.26. The van der Waals surface area contributed by atoms with Crippen LogP contribution >= 0.6 is 15.9 Å². The minimum atomic E-state index is -0.705. The second-order valence-electron chi connectivity index (χ2n) is 4.24. The van der Waals surface area contributed by atoms with Crippen LogP contribution in [0.4, 0.5) is 14.5 Å². The monoisotopic (exact) mass is 355 g/mol. The lowest BCUT2D eigenvalue weighted by Crippen LogP contribution is -2.17. The summed E-state index contributed by atoms with van der Waals surface area (Å²) < 4.78 is 27.8. The zero-order chi connectivity index (χ0) is 15.4. The van der Waals surface area contributed by atoms with Crippen LogP contribution in [-0.4, -0.2) is 11.0 Å². The van der Waals surface area contributed by atoms with Crippen molar-refractivity contribution in [1.82, 2.24) is 0 Å². The first-order valence-corrected chi connectivity index (χ1v) is 6.76. The van der Waals surface area contributed by atoms with Crippen LogP contribution in [0.25, 0.3) is 0 Å². The highest BCUT2D eigenvalue weighted by Gasteiger charge is 2.12. The summed E-state index contributed by atoms with van der Waals surface area (Å²) >= 11 is 3.02. The molecular formula is C14H12BrF2N3O. The Morgan fingerprint density at radius 3 is 2.48 bits per heavy atom. The summed E-state index contributed by atoms with van der Waals surface area (Å²) in [5.41, 5.74) is 6.47. The van der Waals surface area contributed by atoms with Crippen LogP contribution in [0.15, 0.2) is 46.0 Å². The Labute approximate surface area is 128 Å². The largest absolute Gasteiger partial charge is 0.409 e. The minimum absolute atomic E-state index is 0.0656. The second-order valence-corrected chi connectivity index (χ2v) is 5.16. The first-order chi connectivity index (χ1) is 10.0. The van der Waals surface area contributed by atoms with Gasteiger partial charge in [0, 0.05) is 16.6 Å². The van der Waals surface area contributed by atoms with E-state index in [0.29, 0.717) is 15.6 Å². The number of hydrogen-bond acceptors (Lipinski definition) is 3. The number of oxime groups is 1. The maximum Gasteiger partial charge on any atom is 0.170 e. The Bertz CT molecular complexity index is 669. The molecule has 0 fully saturated rings. The second kappa shape index (κ2) is 6.53. The van der Waals surface area contributed by atoms with Crippen molar-refractivity contribution in [2.45, 2.75) is 6.54 Å². The van der Waals surface area contributed by atoms with Gasteiger partial charge in [0.2, 0.25) is 0 Å². The van der Waals surface area contributed by atoms with Gasteiger partial charge in [-0.1, -0.05) is 45.4 Å². The van der Waals surface area contributed by atoms with Crippen LogP contribution in [0.2, 0.25) is 0 Å². The topological polar surface area (TPSA) is 70.6 Å². The number of benzene rings is 2. The normalized spacial score (nSPS) is 11.5. The van der Waals surface area contributed by atoms with E-state index in [2.05, 4.69) is 26.4 Å². The molecule has 2 rings (SSSR count).